The largest absolute Gasteiger partial charge is 0.336 e. The van der Waals surface area contributed by atoms with Crippen molar-refractivity contribution >= 4 is 35.0 Å². The number of amides is 1. The molecule has 2 aromatic carbocycles. The maximum atomic E-state index is 12.8. The van der Waals surface area contributed by atoms with Crippen LogP contribution >= 0.6 is 23.4 Å². The summed E-state index contributed by atoms with van der Waals surface area (Å²) >= 11 is 7.38. The number of likely N-dealkylation sites (tertiary alicyclic amines) is 1. The van der Waals surface area contributed by atoms with E-state index >= 15 is 0 Å². The van der Waals surface area contributed by atoms with Crippen LogP contribution in [0.15, 0.2) is 52.3 Å². The van der Waals surface area contributed by atoms with Crippen molar-refractivity contribution in [1.82, 2.24) is 4.90 Å². The maximum Gasteiger partial charge on any atom is 0.284 e. The monoisotopic (exact) mass is 390 g/mol. The van der Waals surface area contributed by atoms with Gasteiger partial charge in [-0.3, -0.25) is 14.9 Å². The first-order chi connectivity index (χ1) is 12.5. The number of nitro groups is 1. The molecular weight excluding hydrogens is 372 g/mol. The van der Waals surface area contributed by atoms with E-state index in [0.717, 1.165) is 24.2 Å². The topological polar surface area (TPSA) is 63.5 Å². The van der Waals surface area contributed by atoms with E-state index in [1.807, 2.05) is 30.0 Å². The summed E-state index contributed by atoms with van der Waals surface area (Å²) < 4.78 is 0. The van der Waals surface area contributed by atoms with Crippen molar-refractivity contribution in [3.63, 3.8) is 0 Å². The number of carbonyl (C=O) groups is 1. The van der Waals surface area contributed by atoms with E-state index < -0.39 is 4.92 Å². The van der Waals surface area contributed by atoms with Gasteiger partial charge in [-0.2, -0.15) is 0 Å². The summed E-state index contributed by atoms with van der Waals surface area (Å²) in [5.41, 5.74) is 0.277. The van der Waals surface area contributed by atoms with Crippen LogP contribution in [0.5, 0.6) is 0 Å². The minimum atomic E-state index is -0.449. The quantitative estimate of drug-likeness (QED) is 0.517. The van der Waals surface area contributed by atoms with Crippen LogP contribution in [0.25, 0.3) is 0 Å². The molecule has 0 spiro atoms. The summed E-state index contributed by atoms with van der Waals surface area (Å²) in [6.45, 7) is 2.72. The Bertz CT molecular complexity index is 843. The number of halogens is 1. The van der Waals surface area contributed by atoms with Crippen LogP contribution in [-0.2, 0) is 0 Å². The van der Waals surface area contributed by atoms with Gasteiger partial charge in [-0.15, -0.1) is 0 Å². The van der Waals surface area contributed by atoms with Crippen molar-refractivity contribution in [1.29, 1.82) is 0 Å². The van der Waals surface area contributed by atoms with Gasteiger partial charge in [0.15, 0.2) is 0 Å². The molecule has 136 valence electrons. The fourth-order valence-electron chi connectivity index (χ4n) is 3.09. The van der Waals surface area contributed by atoms with Gasteiger partial charge >= 0.3 is 0 Å². The number of carbonyl (C=O) groups excluding carboxylic acids is 1. The van der Waals surface area contributed by atoms with Crippen molar-refractivity contribution in [2.45, 2.75) is 42.0 Å². The molecule has 1 atom stereocenters. The Kier molecular flexibility index (Phi) is 5.84. The Balaban J connectivity index is 1.90. The van der Waals surface area contributed by atoms with Crippen molar-refractivity contribution in [2.75, 3.05) is 6.54 Å². The van der Waals surface area contributed by atoms with Gasteiger partial charge in [-0.25, -0.2) is 0 Å². The highest BCUT2D eigenvalue weighted by atomic mass is 35.5. The zero-order chi connectivity index (χ0) is 18.7. The molecule has 1 saturated heterocycles. The average molecular weight is 391 g/mol. The van der Waals surface area contributed by atoms with Crippen LogP contribution in [0, 0.1) is 10.1 Å². The highest BCUT2D eigenvalue weighted by Crippen LogP contribution is 2.38. The molecule has 0 bridgehead atoms. The number of benzene rings is 2. The second-order valence-corrected chi connectivity index (χ2v) is 7.81. The standard InChI is InChI=1S/C19H19ClN2O3S/c1-13-6-4-5-11-21(13)19(23)14-9-10-18(16(12-14)22(24)25)26-17-8-3-2-7-15(17)20/h2-3,7-10,12-13H,4-6,11H2,1H3. The van der Waals surface area contributed by atoms with E-state index in [1.165, 1.54) is 17.8 Å². The first-order valence-corrected chi connectivity index (χ1v) is 9.68. The number of hydrogen-bond acceptors (Lipinski definition) is 4. The molecule has 0 aromatic heterocycles. The van der Waals surface area contributed by atoms with Crippen LogP contribution in [0.1, 0.15) is 36.5 Å². The molecule has 1 aliphatic rings. The lowest BCUT2D eigenvalue weighted by atomic mass is 10.0. The van der Waals surface area contributed by atoms with Gasteiger partial charge in [0.1, 0.15) is 0 Å². The van der Waals surface area contributed by atoms with Crippen molar-refractivity contribution < 1.29 is 9.72 Å². The molecular formula is C19H19ClN2O3S. The number of nitrogens with zero attached hydrogens (tertiary/aromatic N) is 2. The Morgan fingerprint density at radius 1 is 1.23 bits per heavy atom. The van der Waals surface area contributed by atoms with Crippen LogP contribution in [-0.4, -0.2) is 28.3 Å². The van der Waals surface area contributed by atoms with Gasteiger partial charge in [0, 0.05) is 29.1 Å². The van der Waals surface area contributed by atoms with Gasteiger partial charge in [0.25, 0.3) is 11.6 Å². The number of hydrogen-bond donors (Lipinski definition) is 0. The number of nitro benzene ring substituents is 1. The van der Waals surface area contributed by atoms with Crippen LogP contribution in [0.4, 0.5) is 5.69 Å². The molecule has 1 unspecified atom stereocenters. The van der Waals surface area contributed by atoms with Crippen molar-refractivity contribution in [3.05, 3.63) is 63.2 Å². The van der Waals surface area contributed by atoms with Gasteiger partial charge < -0.3 is 4.90 Å². The van der Waals surface area contributed by atoms with Crippen LogP contribution < -0.4 is 0 Å². The van der Waals surface area contributed by atoms with E-state index in [1.54, 1.807) is 18.2 Å². The first kappa shape index (κ1) is 18.7. The molecule has 1 amide bonds. The number of piperidine rings is 1. The third-order valence-electron chi connectivity index (χ3n) is 4.52. The predicted octanol–water partition coefficient (Wildman–Crippen LogP) is 5.41. The van der Waals surface area contributed by atoms with E-state index in [2.05, 4.69) is 0 Å². The molecule has 0 saturated carbocycles. The molecule has 5 nitrogen and oxygen atoms in total. The molecule has 0 radical (unpaired) electrons. The fourth-order valence-corrected chi connectivity index (χ4v) is 4.27. The highest BCUT2D eigenvalue weighted by Gasteiger charge is 2.26. The molecule has 1 heterocycles. The Hall–Kier alpha value is -2.05. The first-order valence-electron chi connectivity index (χ1n) is 8.49. The lowest BCUT2D eigenvalue weighted by Crippen LogP contribution is -2.42. The van der Waals surface area contributed by atoms with Gasteiger partial charge in [-0.1, -0.05) is 35.5 Å². The average Bonchev–Trinajstić information content (AvgIpc) is 2.63. The van der Waals surface area contributed by atoms with Crippen LogP contribution in [0.3, 0.4) is 0 Å². The summed E-state index contributed by atoms with van der Waals surface area (Å²) in [5.74, 6) is -0.144. The van der Waals surface area contributed by atoms with E-state index in [-0.39, 0.29) is 17.6 Å². The Labute approximate surface area is 161 Å². The zero-order valence-electron chi connectivity index (χ0n) is 14.4. The van der Waals surface area contributed by atoms with E-state index in [9.17, 15) is 14.9 Å². The number of rotatable bonds is 4. The van der Waals surface area contributed by atoms with E-state index in [4.69, 9.17) is 11.6 Å². The minimum absolute atomic E-state index is 0.0783. The third-order valence-corrected chi connectivity index (χ3v) is 6.11. The van der Waals surface area contributed by atoms with Gasteiger partial charge in [-0.05, 0) is 50.5 Å². The molecule has 0 N–H and O–H groups in total. The fraction of sp³-hybridized carbons (Fsp3) is 0.316. The Morgan fingerprint density at radius 2 is 2.00 bits per heavy atom. The maximum absolute atomic E-state index is 12.8. The molecule has 3 rings (SSSR count). The van der Waals surface area contributed by atoms with Gasteiger partial charge in [0.05, 0.1) is 14.8 Å². The Morgan fingerprint density at radius 3 is 2.69 bits per heavy atom. The van der Waals surface area contributed by atoms with E-state index in [0.29, 0.717) is 22.0 Å². The van der Waals surface area contributed by atoms with Crippen molar-refractivity contribution in [3.8, 4) is 0 Å². The summed E-state index contributed by atoms with van der Waals surface area (Å²) in [6.07, 6.45) is 3.05. The summed E-state index contributed by atoms with van der Waals surface area (Å²) in [5, 5.41) is 12.1. The van der Waals surface area contributed by atoms with Crippen LogP contribution in [0.2, 0.25) is 5.02 Å². The van der Waals surface area contributed by atoms with Crippen molar-refractivity contribution in [2.24, 2.45) is 0 Å². The lowest BCUT2D eigenvalue weighted by Gasteiger charge is -2.33. The third kappa shape index (κ3) is 4.02. The second-order valence-electron chi connectivity index (χ2n) is 6.32. The molecule has 26 heavy (non-hydrogen) atoms. The summed E-state index contributed by atoms with van der Waals surface area (Å²) in [6, 6.07) is 12.0. The second kappa shape index (κ2) is 8.10. The summed E-state index contributed by atoms with van der Waals surface area (Å²) in [4.78, 5) is 26.9. The molecule has 1 fully saturated rings. The molecule has 2 aromatic rings. The SMILES string of the molecule is CC1CCCCN1C(=O)c1ccc(Sc2ccccc2Cl)c([N+](=O)[O-])c1. The lowest BCUT2D eigenvalue weighted by molar-refractivity contribution is -0.387. The summed E-state index contributed by atoms with van der Waals surface area (Å²) in [7, 11) is 0. The minimum Gasteiger partial charge on any atom is -0.336 e. The highest BCUT2D eigenvalue weighted by molar-refractivity contribution is 7.99. The molecule has 7 heteroatoms. The predicted molar refractivity (Wildman–Crippen MR) is 103 cm³/mol. The zero-order valence-corrected chi connectivity index (χ0v) is 15.9. The molecule has 0 aliphatic carbocycles. The smallest absolute Gasteiger partial charge is 0.284 e. The molecule has 1 aliphatic heterocycles. The van der Waals surface area contributed by atoms with Gasteiger partial charge in [0.2, 0.25) is 0 Å². The normalized spacial score (nSPS) is 17.2.